The van der Waals surface area contributed by atoms with Crippen LogP contribution in [0, 0.1) is 0 Å². The van der Waals surface area contributed by atoms with Crippen molar-refractivity contribution in [3.63, 3.8) is 0 Å². The quantitative estimate of drug-likeness (QED) is 0.703. The van der Waals surface area contributed by atoms with Crippen LogP contribution in [0.3, 0.4) is 0 Å². The first-order valence-corrected chi connectivity index (χ1v) is 7.00. The largest absolute Gasteiger partial charge is 0.446 e. The van der Waals surface area contributed by atoms with E-state index in [0.29, 0.717) is 13.0 Å². The zero-order chi connectivity index (χ0) is 13.8. The molecule has 104 valence electrons. The number of ether oxygens (including phenoxy) is 1. The normalized spacial score (nSPS) is 18.1. The first-order valence-electron chi connectivity index (χ1n) is 5.56. The van der Waals surface area contributed by atoms with Crippen molar-refractivity contribution >= 4 is 22.2 Å². The van der Waals surface area contributed by atoms with Crippen LogP contribution >= 0.6 is 0 Å². The Morgan fingerprint density at radius 2 is 2.17 bits per heavy atom. The number of amides is 2. The van der Waals surface area contributed by atoms with Gasteiger partial charge in [-0.1, -0.05) is 0 Å². The monoisotopic (exact) mass is 279 g/mol. The molecule has 0 spiro atoms. The van der Waals surface area contributed by atoms with Crippen LogP contribution in [-0.2, 0) is 19.7 Å². The molecule has 1 fully saturated rings. The van der Waals surface area contributed by atoms with E-state index < -0.39 is 28.3 Å². The van der Waals surface area contributed by atoms with Crippen molar-refractivity contribution < 1.29 is 22.7 Å². The molecule has 0 aromatic carbocycles. The molecule has 2 N–H and O–H groups in total. The Labute approximate surface area is 106 Å². The van der Waals surface area contributed by atoms with E-state index >= 15 is 0 Å². The lowest BCUT2D eigenvalue weighted by Gasteiger charge is -2.19. The molecular formula is C9H17N3O5S. The van der Waals surface area contributed by atoms with Crippen LogP contribution in [0.2, 0.25) is 0 Å². The average molecular weight is 279 g/mol. The SMILES string of the molecule is CC(C)OC(=O)NS(=O)(=O)N1CCCNC(=O)C1. The van der Waals surface area contributed by atoms with Crippen molar-refractivity contribution in [2.75, 3.05) is 19.6 Å². The molecule has 0 aromatic rings. The third-order valence-electron chi connectivity index (χ3n) is 2.12. The maximum atomic E-state index is 11.8. The van der Waals surface area contributed by atoms with E-state index in [1.165, 1.54) is 0 Å². The molecule has 8 nitrogen and oxygen atoms in total. The van der Waals surface area contributed by atoms with Crippen LogP contribution in [0.25, 0.3) is 0 Å². The highest BCUT2D eigenvalue weighted by Gasteiger charge is 2.28. The van der Waals surface area contributed by atoms with Gasteiger partial charge in [0.1, 0.15) is 0 Å². The van der Waals surface area contributed by atoms with Gasteiger partial charge in [0, 0.05) is 13.1 Å². The van der Waals surface area contributed by atoms with Crippen LogP contribution in [0.5, 0.6) is 0 Å². The van der Waals surface area contributed by atoms with Gasteiger partial charge in [0.2, 0.25) is 5.91 Å². The summed E-state index contributed by atoms with van der Waals surface area (Å²) in [6.07, 6.45) is -0.978. The van der Waals surface area contributed by atoms with Crippen LogP contribution < -0.4 is 10.0 Å². The first-order chi connectivity index (χ1) is 8.31. The van der Waals surface area contributed by atoms with E-state index in [4.69, 9.17) is 0 Å². The molecule has 1 heterocycles. The summed E-state index contributed by atoms with van der Waals surface area (Å²) in [6.45, 7) is 3.49. The van der Waals surface area contributed by atoms with Gasteiger partial charge in [0.05, 0.1) is 12.6 Å². The van der Waals surface area contributed by atoms with Crippen molar-refractivity contribution in [1.82, 2.24) is 14.3 Å². The number of carbonyl (C=O) groups excluding carboxylic acids is 2. The van der Waals surface area contributed by atoms with E-state index in [2.05, 4.69) is 10.1 Å². The van der Waals surface area contributed by atoms with Gasteiger partial charge in [-0.25, -0.2) is 9.52 Å². The third kappa shape index (κ3) is 4.49. The fourth-order valence-corrected chi connectivity index (χ4v) is 2.44. The Bertz CT molecular complexity index is 420. The maximum Gasteiger partial charge on any atom is 0.422 e. The Morgan fingerprint density at radius 3 is 2.78 bits per heavy atom. The molecule has 0 unspecified atom stereocenters. The molecule has 0 bridgehead atoms. The predicted octanol–water partition coefficient (Wildman–Crippen LogP) is -0.812. The summed E-state index contributed by atoms with van der Waals surface area (Å²) >= 11 is 0. The molecule has 0 aromatic heterocycles. The predicted molar refractivity (Wildman–Crippen MR) is 62.9 cm³/mol. The van der Waals surface area contributed by atoms with Crippen molar-refractivity contribution in [1.29, 1.82) is 0 Å². The number of hydrogen-bond donors (Lipinski definition) is 2. The molecule has 1 saturated heterocycles. The second-order valence-electron chi connectivity index (χ2n) is 4.10. The van der Waals surface area contributed by atoms with Gasteiger partial charge in [-0.05, 0) is 20.3 Å². The highest BCUT2D eigenvalue weighted by molar-refractivity contribution is 7.87. The Balaban J connectivity index is 2.67. The molecule has 0 atom stereocenters. The molecular weight excluding hydrogens is 262 g/mol. The van der Waals surface area contributed by atoms with Crippen LogP contribution in [0.15, 0.2) is 0 Å². The maximum absolute atomic E-state index is 11.8. The second kappa shape index (κ2) is 6.01. The second-order valence-corrected chi connectivity index (χ2v) is 5.77. The van der Waals surface area contributed by atoms with Gasteiger partial charge in [0.15, 0.2) is 0 Å². The number of nitrogens with zero attached hydrogens (tertiary/aromatic N) is 1. The fraction of sp³-hybridized carbons (Fsp3) is 0.778. The molecule has 1 rings (SSSR count). The van der Waals surface area contributed by atoms with Gasteiger partial charge in [-0.3, -0.25) is 4.79 Å². The lowest BCUT2D eigenvalue weighted by molar-refractivity contribution is -0.120. The number of carbonyl (C=O) groups is 2. The van der Waals surface area contributed by atoms with E-state index in [1.54, 1.807) is 18.6 Å². The van der Waals surface area contributed by atoms with Crippen molar-refractivity contribution in [3.05, 3.63) is 0 Å². The standard InChI is InChI=1S/C9H17N3O5S/c1-7(2)17-9(14)11-18(15,16)12-5-3-4-10-8(13)6-12/h7H,3-6H2,1-2H3,(H,10,13)(H,11,14). The number of rotatable bonds is 3. The van der Waals surface area contributed by atoms with Crippen LogP contribution in [0.1, 0.15) is 20.3 Å². The molecule has 0 radical (unpaired) electrons. The number of hydrogen-bond acceptors (Lipinski definition) is 5. The Hall–Kier alpha value is -1.35. The molecule has 1 aliphatic heterocycles. The highest BCUT2D eigenvalue weighted by Crippen LogP contribution is 2.03. The lowest BCUT2D eigenvalue weighted by atomic mass is 10.4. The van der Waals surface area contributed by atoms with Gasteiger partial charge in [-0.2, -0.15) is 12.7 Å². The summed E-state index contributed by atoms with van der Waals surface area (Å²) in [5.41, 5.74) is 0. The lowest BCUT2D eigenvalue weighted by Crippen LogP contribution is -2.46. The summed E-state index contributed by atoms with van der Waals surface area (Å²) in [4.78, 5) is 22.5. The minimum absolute atomic E-state index is 0.170. The summed E-state index contributed by atoms with van der Waals surface area (Å²) < 4.78 is 31.0. The van der Waals surface area contributed by atoms with Gasteiger partial charge < -0.3 is 10.1 Å². The molecule has 9 heteroatoms. The zero-order valence-corrected chi connectivity index (χ0v) is 11.1. The zero-order valence-electron chi connectivity index (χ0n) is 10.3. The van der Waals surface area contributed by atoms with Gasteiger partial charge in [-0.15, -0.1) is 0 Å². The third-order valence-corrected chi connectivity index (χ3v) is 3.54. The van der Waals surface area contributed by atoms with Gasteiger partial charge in [0.25, 0.3) is 0 Å². The van der Waals surface area contributed by atoms with Crippen LogP contribution in [0.4, 0.5) is 4.79 Å². The highest BCUT2D eigenvalue weighted by atomic mass is 32.2. The Morgan fingerprint density at radius 1 is 1.50 bits per heavy atom. The Kier molecular flexibility index (Phi) is 4.91. The summed E-state index contributed by atoms with van der Waals surface area (Å²) in [5, 5.41) is 2.54. The number of nitrogens with one attached hydrogen (secondary N) is 2. The van der Waals surface area contributed by atoms with Gasteiger partial charge >= 0.3 is 16.3 Å². The first kappa shape index (κ1) is 14.7. The van der Waals surface area contributed by atoms with Crippen molar-refractivity contribution in [2.45, 2.75) is 26.4 Å². The molecule has 0 aliphatic carbocycles. The topological polar surface area (TPSA) is 105 Å². The van der Waals surface area contributed by atoms with Crippen molar-refractivity contribution in [3.8, 4) is 0 Å². The smallest absolute Gasteiger partial charge is 0.422 e. The molecule has 1 aliphatic rings. The molecule has 2 amide bonds. The fourth-order valence-electron chi connectivity index (χ4n) is 1.39. The minimum atomic E-state index is -4.04. The molecule has 0 saturated carbocycles. The van der Waals surface area contributed by atoms with E-state index in [0.717, 1.165) is 4.31 Å². The molecule has 18 heavy (non-hydrogen) atoms. The summed E-state index contributed by atoms with van der Waals surface area (Å²) in [6, 6.07) is 0. The minimum Gasteiger partial charge on any atom is -0.446 e. The van der Waals surface area contributed by atoms with E-state index in [1.807, 2.05) is 0 Å². The van der Waals surface area contributed by atoms with Crippen LogP contribution in [-0.4, -0.2) is 50.5 Å². The summed E-state index contributed by atoms with van der Waals surface area (Å²) in [7, 11) is -4.04. The van der Waals surface area contributed by atoms with Crippen molar-refractivity contribution in [2.24, 2.45) is 0 Å². The summed E-state index contributed by atoms with van der Waals surface area (Å²) in [5.74, 6) is -0.393. The average Bonchev–Trinajstić information content (AvgIpc) is 2.40. The van der Waals surface area contributed by atoms with E-state index in [9.17, 15) is 18.0 Å². The van der Waals surface area contributed by atoms with E-state index in [-0.39, 0.29) is 13.1 Å².